The monoisotopic (exact) mass is 446 g/mol. The quantitative estimate of drug-likeness (QED) is 0.514. The van der Waals surface area contributed by atoms with E-state index < -0.39 is 17.7 Å². The van der Waals surface area contributed by atoms with Crippen molar-refractivity contribution in [3.8, 4) is 11.4 Å². The number of pyridine rings is 1. The summed E-state index contributed by atoms with van der Waals surface area (Å²) in [6, 6.07) is 3.74. The summed E-state index contributed by atoms with van der Waals surface area (Å²) in [6.45, 7) is 2.42. The third-order valence-electron chi connectivity index (χ3n) is 5.41. The minimum Gasteiger partial charge on any atom is -0.387 e. The van der Waals surface area contributed by atoms with Crippen LogP contribution in [0.2, 0.25) is 5.02 Å². The fraction of sp³-hybridized carbons (Fsp3) is 0.429. The molecule has 0 aromatic carbocycles. The molecular weight excluding hydrogens is 423 g/mol. The van der Waals surface area contributed by atoms with Crippen LogP contribution in [0.4, 0.5) is 10.1 Å². The summed E-state index contributed by atoms with van der Waals surface area (Å²) in [7, 11) is 0. The van der Waals surface area contributed by atoms with Gasteiger partial charge in [-0.25, -0.2) is 13.9 Å². The van der Waals surface area contributed by atoms with Gasteiger partial charge in [-0.05, 0) is 39.2 Å². The van der Waals surface area contributed by atoms with E-state index in [9.17, 15) is 14.3 Å². The number of carbonyl (C=O) groups excluding carboxylic acids is 1. The maximum atomic E-state index is 14.1. The second-order valence-corrected chi connectivity index (χ2v) is 8.74. The van der Waals surface area contributed by atoms with E-state index in [1.54, 1.807) is 22.8 Å². The highest BCUT2D eigenvalue weighted by molar-refractivity contribution is 6.30. The van der Waals surface area contributed by atoms with Gasteiger partial charge in [0.25, 0.3) is 5.91 Å². The number of alkyl halides is 1. The van der Waals surface area contributed by atoms with Crippen LogP contribution in [-0.4, -0.2) is 55.0 Å². The summed E-state index contributed by atoms with van der Waals surface area (Å²) in [4.78, 5) is 21.5. The highest BCUT2D eigenvalue weighted by Crippen LogP contribution is 2.29. The number of rotatable bonds is 7. The van der Waals surface area contributed by atoms with Gasteiger partial charge in [-0.3, -0.25) is 9.78 Å². The lowest BCUT2D eigenvalue weighted by Crippen LogP contribution is -2.42. The van der Waals surface area contributed by atoms with Gasteiger partial charge < -0.3 is 15.7 Å². The number of anilines is 1. The van der Waals surface area contributed by atoms with Gasteiger partial charge >= 0.3 is 0 Å². The molecule has 1 saturated carbocycles. The Bertz CT molecular complexity index is 1110. The number of nitrogens with one attached hydrogen (secondary N) is 2. The highest BCUT2D eigenvalue weighted by Gasteiger charge is 2.28. The van der Waals surface area contributed by atoms with E-state index in [1.165, 1.54) is 26.2 Å². The molecule has 31 heavy (non-hydrogen) atoms. The van der Waals surface area contributed by atoms with E-state index in [4.69, 9.17) is 11.6 Å². The normalized spacial score (nSPS) is 15.5. The van der Waals surface area contributed by atoms with E-state index in [2.05, 4.69) is 25.7 Å². The van der Waals surface area contributed by atoms with Crippen molar-refractivity contribution in [3.63, 3.8) is 0 Å². The zero-order chi connectivity index (χ0) is 22.2. The number of hydrogen-bond acceptors (Lipinski definition) is 6. The third-order valence-corrected chi connectivity index (χ3v) is 5.62. The van der Waals surface area contributed by atoms with Gasteiger partial charge in [0.05, 0.1) is 46.5 Å². The molecule has 3 N–H and O–H groups in total. The van der Waals surface area contributed by atoms with Crippen LogP contribution in [0, 0.1) is 0 Å². The van der Waals surface area contributed by atoms with E-state index in [1.807, 2.05) is 0 Å². The van der Waals surface area contributed by atoms with Gasteiger partial charge in [-0.1, -0.05) is 11.6 Å². The molecule has 164 valence electrons. The Morgan fingerprint density at radius 1 is 1.32 bits per heavy atom. The number of halogens is 2. The van der Waals surface area contributed by atoms with Crippen molar-refractivity contribution < 1.29 is 14.3 Å². The van der Waals surface area contributed by atoms with Crippen LogP contribution in [0.5, 0.6) is 0 Å². The molecule has 1 amide bonds. The molecule has 0 aliphatic heterocycles. The van der Waals surface area contributed by atoms with E-state index in [0.717, 1.165) is 19.3 Å². The number of fused-ring (bicyclic) bond motifs is 1. The largest absolute Gasteiger partial charge is 0.387 e. The average molecular weight is 447 g/mol. The Balaban J connectivity index is 1.63. The first-order chi connectivity index (χ1) is 14.7. The Morgan fingerprint density at radius 2 is 2.10 bits per heavy atom. The van der Waals surface area contributed by atoms with Crippen LogP contribution in [0.15, 0.2) is 30.7 Å². The molecule has 1 aliphatic rings. The summed E-state index contributed by atoms with van der Waals surface area (Å²) < 4.78 is 15.7. The Kier molecular flexibility index (Phi) is 5.81. The highest BCUT2D eigenvalue weighted by atomic mass is 35.5. The molecule has 0 radical (unpaired) electrons. The first-order valence-corrected chi connectivity index (χ1v) is 10.5. The Hall–Kier alpha value is -2.78. The summed E-state index contributed by atoms with van der Waals surface area (Å²) in [6.07, 6.45) is 6.18. The van der Waals surface area contributed by atoms with Gasteiger partial charge in [0.15, 0.2) is 5.65 Å². The van der Waals surface area contributed by atoms with Gasteiger partial charge in [0.1, 0.15) is 11.9 Å². The number of aromatic nitrogens is 4. The Morgan fingerprint density at radius 3 is 2.77 bits per heavy atom. The summed E-state index contributed by atoms with van der Waals surface area (Å²) in [5, 5.41) is 20.5. The van der Waals surface area contributed by atoms with Crippen LogP contribution in [0.25, 0.3) is 17.0 Å². The van der Waals surface area contributed by atoms with Crippen molar-refractivity contribution in [3.05, 3.63) is 41.3 Å². The molecule has 1 atom stereocenters. The first-order valence-electron chi connectivity index (χ1n) is 10.1. The van der Waals surface area contributed by atoms with Crippen molar-refractivity contribution in [2.75, 3.05) is 11.9 Å². The van der Waals surface area contributed by atoms with Gasteiger partial charge in [-0.15, -0.1) is 0 Å². The van der Waals surface area contributed by atoms with E-state index in [0.29, 0.717) is 33.3 Å². The molecule has 3 aromatic rings. The van der Waals surface area contributed by atoms with Gasteiger partial charge in [-0.2, -0.15) is 5.10 Å². The maximum Gasteiger partial charge on any atom is 0.255 e. The lowest BCUT2D eigenvalue weighted by atomic mass is 9.92. The molecule has 4 rings (SSSR count). The number of hydrogen-bond donors (Lipinski definition) is 3. The van der Waals surface area contributed by atoms with Crippen molar-refractivity contribution >= 4 is 28.8 Å². The number of aliphatic hydroxyl groups is 1. The molecule has 1 aliphatic carbocycles. The van der Waals surface area contributed by atoms with Gasteiger partial charge in [0, 0.05) is 18.3 Å². The average Bonchev–Trinajstić information content (AvgIpc) is 3.10. The molecule has 1 unspecified atom stereocenters. The molecule has 0 saturated heterocycles. The third kappa shape index (κ3) is 4.62. The molecule has 3 heterocycles. The number of carbonyl (C=O) groups is 1. The molecule has 8 nitrogen and oxygen atoms in total. The van der Waals surface area contributed by atoms with E-state index in [-0.39, 0.29) is 12.6 Å². The lowest BCUT2D eigenvalue weighted by molar-refractivity contribution is -0.00177. The molecule has 0 bridgehead atoms. The lowest BCUT2D eigenvalue weighted by Gasteiger charge is -2.28. The zero-order valence-electron chi connectivity index (χ0n) is 17.3. The molecule has 1 fully saturated rings. The number of nitrogens with zero attached hydrogens (tertiary/aromatic N) is 4. The van der Waals surface area contributed by atoms with Gasteiger partial charge in [0.2, 0.25) is 0 Å². The summed E-state index contributed by atoms with van der Waals surface area (Å²) >= 11 is 5.99. The summed E-state index contributed by atoms with van der Waals surface area (Å²) in [5.41, 5.74) is 1.20. The first kappa shape index (κ1) is 21.5. The SMILES string of the molecule is CC(C)(O)C(F)CNC(=O)c1cnc(-c2cnc3cc(Cl)cnn23)cc1NC1CCC1. The second kappa shape index (κ2) is 8.39. The minimum absolute atomic E-state index is 0.270. The molecular formula is C21H24ClFN6O2. The number of imidazole rings is 1. The predicted molar refractivity (Wildman–Crippen MR) is 116 cm³/mol. The molecule has 0 spiro atoms. The van der Waals surface area contributed by atoms with Crippen molar-refractivity contribution in [1.29, 1.82) is 0 Å². The Labute approximate surface area is 183 Å². The predicted octanol–water partition coefficient (Wildman–Crippen LogP) is 3.25. The smallest absolute Gasteiger partial charge is 0.255 e. The fourth-order valence-electron chi connectivity index (χ4n) is 3.22. The molecule has 3 aromatic heterocycles. The van der Waals surface area contributed by atoms with Crippen LogP contribution in [-0.2, 0) is 0 Å². The van der Waals surface area contributed by atoms with E-state index >= 15 is 0 Å². The fourth-order valence-corrected chi connectivity index (χ4v) is 3.36. The van der Waals surface area contributed by atoms with Crippen molar-refractivity contribution in [2.24, 2.45) is 0 Å². The summed E-state index contributed by atoms with van der Waals surface area (Å²) in [5.74, 6) is -0.462. The zero-order valence-corrected chi connectivity index (χ0v) is 18.0. The van der Waals surface area contributed by atoms with Crippen LogP contribution < -0.4 is 10.6 Å². The maximum absolute atomic E-state index is 14.1. The number of amides is 1. The van der Waals surface area contributed by atoms with Crippen molar-refractivity contribution in [2.45, 2.75) is 50.9 Å². The van der Waals surface area contributed by atoms with Crippen LogP contribution in [0.3, 0.4) is 0 Å². The van der Waals surface area contributed by atoms with Crippen molar-refractivity contribution in [1.82, 2.24) is 24.9 Å². The standard InChI is InChI=1S/C21H24ClFN6O2/c1-21(2,31)18(23)11-26-20(30)14-9-24-16(7-15(14)28-13-4-3-5-13)17-10-25-19-6-12(22)8-27-29(17)19/h6-10,13,18,31H,3-5,11H2,1-2H3,(H,24,28)(H,26,30). The van der Waals surface area contributed by atoms with Crippen LogP contribution in [0.1, 0.15) is 43.5 Å². The second-order valence-electron chi connectivity index (χ2n) is 8.31. The molecule has 10 heteroatoms. The van der Waals surface area contributed by atoms with Crippen LogP contribution >= 0.6 is 11.6 Å². The topological polar surface area (TPSA) is 104 Å². The minimum atomic E-state index is -1.59.